The molecule has 4 heterocycles. The molecule has 3 saturated heterocycles. The van der Waals surface area contributed by atoms with Gasteiger partial charge in [0.2, 0.25) is 0 Å². The molecule has 3 fully saturated rings. The molecule has 52 heavy (non-hydrogen) atoms. The fraction of sp³-hybridized carbons (Fsp3) is 0.900. The quantitative estimate of drug-likeness (QED) is 0.297. The Hall–Kier alpha value is -1.64. The van der Waals surface area contributed by atoms with Crippen molar-refractivity contribution in [2.45, 2.75) is 193 Å². The largest absolute Gasteiger partial charge is 0.488 e. The zero-order valence-corrected chi connectivity index (χ0v) is 34.5. The molecule has 1 N–H and O–H groups in total. The average molecular weight is 740 g/mol. The molecule has 0 spiro atoms. The molecule has 0 aromatic rings. The van der Waals surface area contributed by atoms with Crippen molar-refractivity contribution in [2.24, 2.45) is 17.8 Å². The first kappa shape index (κ1) is 43.1. The number of hydrogen-bond acceptors (Lipinski definition) is 12. The lowest BCUT2D eigenvalue weighted by Gasteiger charge is -2.48. The number of likely N-dealkylation sites (N-methyl/N-ethyl adjacent to an activating group) is 1. The smallest absolute Gasteiger partial charge is 0.311 e. The van der Waals surface area contributed by atoms with E-state index in [4.69, 9.17) is 37.9 Å². The van der Waals surface area contributed by atoms with E-state index in [2.05, 4.69) is 18.7 Å². The highest BCUT2D eigenvalue weighted by atomic mass is 16.7. The number of esters is 1. The molecular weight excluding hydrogens is 670 g/mol. The summed E-state index contributed by atoms with van der Waals surface area (Å²) in [6.45, 7) is 23.2. The monoisotopic (exact) mass is 739 g/mol. The van der Waals surface area contributed by atoms with E-state index in [1.807, 2.05) is 62.4 Å². The maximum Gasteiger partial charge on any atom is 0.311 e. The third-order valence-electron chi connectivity index (χ3n) is 12.5. The number of allylic oxidation sites excluding steroid dienone is 1. The lowest BCUT2D eigenvalue weighted by molar-refractivity contribution is -0.309. The summed E-state index contributed by atoms with van der Waals surface area (Å²) < 4.78 is 51.6. The Labute approximate surface area is 312 Å². The highest BCUT2D eigenvalue weighted by Crippen LogP contribution is 2.47. The van der Waals surface area contributed by atoms with Gasteiger partial charge in [-0.2, -0.15) is 0 Å². The van der Waals surface area contributed by atoms with Gasteiger partial charge in [-0.25, -0.2) is 0 Å². The topological polar surface area (TPSA) is 131 Å². The Morgan fingerprint density at radius 1 is 0.962 bits per heavy atom. The van der Waals surface area contributed by atoms with Gasteiger partial charge in [-0.05, 0) is 94.7 Å². The van der Waals surface area contributed by atoms with Crippen molar-refractivity contribution in [3.05, 3.63) is 11.3 Å². The van der Waals surface area contributed by atoms with Gasteiger partial charge in [-0.1, -0.05) is 13.8 Å². The van der Waals surface area contributed by atoms with Crippen LogP contribution in [0.15, 0.2) is 11.3 Å². The SMILES string of the molecule is CC[C@H]1OC(=O)[C@H](C)[C@@H](OC2C[C@@](C)(OC)C[C@H](C)O2)[C@H](C)[C@@H](OC2O[C@H](C)C[C@H](N(C)C(C)C)[C@H]2O)C2(C)CC(C)=C(O2)[C@H](C)C(=O)[C@]1(C)OC. The van der Waals surface area contributed by atoms with Crippen LogP contribution in [0.4, 0.5) is 0 Å². The van der Waals surface area contributed by atoms with Gasteiger partial charge < -0.3 is 43.0 Å². The molecule has 0 radical (unpaired) electrons. The summed E-state index contributed by atoms with van der Waals surface area (Å²) in [6.07, 6.45) is -2.95. The molecule has 12 heteroatoms. The Balaban J connectivity index is 1.85. The molecule has 0 aromatic carbocycles. The van der Waals surface area contributed by atoms with E-state index in [1.165, 1.54) is 7.11 Å². The number of Topliss-reactive ketones (excluding diaryl/α,β-unsaturated/α-hetero) is 1. The summed E-state index contributed by atoms with van der Waals surface area (Å²) in [6, 6.07) is -0.0318. The van der Waals surface area contributed by atoms with Crippen LogP contribution in [0.5, 0.6) is 0 Å². The number of carbonyl (C=O) groups is 2. The number of hydrogen-bond donors (Lipinski definition) is 1. The van der Waals surface area contributed by atoms with Crippen molar-refractivity contribution in [3.8, 4) is 0 Å². The third kappa shape index (κ3) is 8.59. The van der Waals surface area contributed by atoms with Gasteiger partial charge in [0, 0.05) is 51.5 Å². The molecule has 15 atom stereocenters. The molecule has 0 aromatic heterocycles. The van der Waals surface area contributed by atoms with Gasteiger partial charge in [0.25, 0.3) is 0 Å². The minimum atomic E-state index is -1.44. The standard InChI is InChI=1S/C40H69NO11/c1-16-29-40(12,46-15)34(43)25(7)32-22(4)18-39(11,52-32)35(51-37-31(42)28(17-23(5)48-37)41(13)21(2)3)26(8)33(27(9)36(44)49-29)50-30-20-38(10,45-14)19-24(6)47-30/h21,23-31,33,35,37,42H,16-20H2,1-15H3/t23-,24+,25+,26+,27-,28+,29-,30?,31-,33+,35-,37?,38+,39?,40-/m1/s1. The lowest BCUT2D eigenvalue weighted by atomic mass is 9.79. The Kier molecular flexibility index (Phi) is 13.8. The highest BCUT2D eigenvalue weighted by Gasteiger charge is 2.56. The van der Waals surface area contributed by atoms with Gasteiger partial charge in [0.05, 0.1) is 35.7 Å². The van der Waals surface area contributed by atoms with Crippen molar-refractivity contribution in [1.82, 2.24) is 4.90 Å². The number of methoxy groups -OCH3 is 2. The molecule has 0 saturated carbocycles. The molecule has 4 rings (SSSR count). The van der Waals surface area contributed by atoms with E-state index in [0.29, 0.717) is 37.9 Å². The van der Waals surface area contributed by atoms with E-state index in [1.54, 1.807) is 21.0 Å². The highest BCUT2D eigenvalue weighted by molar-refractivity contribution is 5.92. The van der Waals surface area contributed by atoms with E-state index in [-0.39, 0.29) is 30.1 Å². The van der Waals surface area contributed by atoms with E-state index >= 15 is 0 Å². The van der Waals surface area contributed by atoms with Crippen LogP contribution in [-0.2, 0) is 47.5 Å². The predicted molar refractivity (Wildman–Crippen MR) is 195 cm³/mol. The zero-order valence-electron chi connectivity index (χ0n) is 34.5. The van der Waals surface area contributed by atoms with Crippen molar-refractivity contribution < 1.29 is 52.6 Å². The van der Waals surface area contributed by atoms with Gasteiger partial charge in [-0.15, -0.1) is 0 Å². The summed E-state index contributed by atoms with van der Waals surface area (Å²) in [7, 11) is 5.16. The van der Waals surface area contributed by atoms with Crippen LogP contribution in [0.3, 0.4) is 0 Å². The normalized spacial score (nSPS) is 45.3. The Bertz CT molecular complexity index is 1290. The van der Waals surface area contributed by atoms with Crippen molar-refractivity contribution in [3.63, 3.8) is 0 Å². The third-order valence-corrected chi connectivity index (χ3v) is 12.5. The summed E-state index contributed by atoms with van der Waals surface area (Å²) in [5.41, 5.74) is -2.07. The predicted octanol–water partition coefficient (Wildman–Crippen LogP) is 5.56. The van der Waals surface area contributed by atoms with Crippen LogP contribution in [0, 0.1) is 17.8 Å². The maximum atomic E-state index is 14.4. The van der Waals surface area contributed by atoms with Crippen LogP contribution in [-0.4, -0.2) is 121 Å². The first-order valence-electron chi connectivity index (χ1n) is 19.4. The number of carbonyl (C=O) groups excluding carboxylic acids is 2. The van der Waals surface area contributed by atoms with Gasteiger partial charge in [0.1, 0.15) is 29.7 Å². The number of nitrogens with zero attached hydrogens (tertiary/aromatic N) is 1. The van der Waals surface area contributed by atoms with Crippen LogP contribution >= 0.6 is 0 Å². The van der Waals surface area contributed by atoms with Crippen LogP contribution in [0.2, 0.25) is 0 Å². The van der Waals surface area contributed by atoms with Crippen LogP contribution in [0.25, 0.3) is 0 Å². The van der Waals surface area contributed by atoms with E-state index in [9.17, 15) is 14.7 Å². The molecule has 4 aliphatic heterocycles. The second-order valence-electron chi connectivity index (χ2n) is 17.1. The number of rotatable bonds is 9. The summed E-state index contributed by atoms with van der Waals surface area (Å²) in [5.74, 6) is -2.32. The number of cyclic esters (lactones) is 1. The van der Waals surface area contributed by atoms with Gasteiger partial charge in [0.15, 0.2) is 24.0 Å². The van der Waals surface area contributed by atoms with E-state index < -0.39 is 77.5 Å². The molecule has 12 nitrogen and oxygen atoms in total. The zero-order chi connectivity index (χ0) is 39.1. The molecule has 2 bridgehead atoms. The Morgan fingerprint density at radius 3 is 2.19 bits per heavy atom. The number of aliphatic hydroxyl groups is 1. The molecule has 3 unspecified atom stereocenters. The number of fused-ring (bicyclic) bond motifs is 2. The van der Waals surface area contributed by atoms with Crippen LogP contribution < -0.4 is 0 Å². The number of ether oxygens (including phenoxy) is 8. The average Bonchev–Trinajstić information content (AvgIpc) is 3.40. The molecule has 0 aliphatic carbocycles. The maximum absolute atomic E-state index is 14.4. The molecule has 300 valence electrons. The van der Waals surface area contributed by atoms with Crippen molar-refractivity contribution in [1.29, 1.82) is 0 Å². The fourth-order valence-corrected chi connectivity index (χ4v) is 9.10. The fourth-order valence-electron chi connectivity index (χ4n) is 9.10. The minimum absolute atomic E-state index is 0.158. The van der Waals surface area contributed by atoms with Gasteiger partial charge in [-0.3, -0.25) is 14.5 Å². The lowest BCUT2D eigenvalue weighted by Crippen LogP contribution is -2.60. The van der Waals surface area contributed by atoms with Crippen LogP contribution in [0.1, 0.15) is 115 Å². The second-order valence-corrected chi connectivity index (χ2v) is 17.1. The van der Waals surface area contributed by atoms with Crippen molar-refractivity contribution >= 4 is 11.8 Å². The van der Waals surface area contributed by atoms with Crippen molar-refractivity contribution in [2.75, 3.05) is 21.3 Å². The molecule has 4 aliphatic rings. The Morgan fingerprint density at radius 2 is 1.62 bits per heavy atom. The molecular formula is C40H69NO11. The van der Waals surface area contributed by atoms with Gasteiger partial charge >= 0.3 is 5.97 Å². The van der Waals surface area contributed by atoms with E-state index in [0.717, 1.165) is 5.57 Å². The second kappa shape index (κ2) is 16.6. The number of aliphatic hydroxyl groups excluding tert-OH is 1. The number of ketones is 1. The first-order valence-corrected chi connectivity index (χ1v) is 19.4. The molecule has 0 amide bonds. The first-order chi connectivity index (χ1) is 24.1. The summed E-state index contributed by atoms with van der Waals surface area (Å²) in [4.78, 5) is 30.8. The summed E-state index contributed by atoms with van der Waals surface area (Å²) >= 11 is 0. The minimum Gasteiger partial charge on any atom is -0.488 e. The summed E-state index contributed by atoms with van der Waals surface area (Å²) in [5, 5.41) is 11.8.